The zero-order chi connectivity index (χ0) is 19.8. The number of benzene rings is 1. The molecule has 1 aliphatic rings. The molecule has 1 saturated carbocycles. The molecule has 0 aliphatic heterocycles. The topological polar surface area (TPSA) is 48.4 Å². The van der Waals surface area contributed by atoms with E-state index in [9.17, 15) is 4.79 Å². The molecule has 0 bridgehead atoms. The highest BCUT2D eigenvalue weighted by molar-refractivity contribution is 5.98. The second kappa shape index (κ2) is 10.3. The lowest BCUT2D eigenvalue weighted by atomic mass is 9.92. The van der Waals surface area contributed by atoms with Gasteiger partial charge in [-0.1, -0.05) is 31.7 Å². The van der Waals surface area contributed by atoms with Crippen LogP contribution in [0.15, 0.2) is 36.5 Å². The first kappa shape index (κ1) is 20.4. The highest BCUT2D eigenvalue weighted by atomic mass is 16.5. The Labute approximate surface area is 168 Å². The summed E-state index contributed by atoms with van der Waals surface area (Å²) in [5.41, 5.74) is 2.99. The molecule has 0 saturated heterocycles. The molecular weight excluding hydrogens is 350 g/mol. The molecule has 4 heteroatoms. The Morgan fingerprint density at radius 3 is 2.46 bits per heavy atom. The third-order valence-corrected chi connectivity index (χ3v) is 5.67. The maximum Gasteiger partial charge on any atom is 0.213 e. The van der Waals surface area contributed by atoms with Gasteiger partial charge in [0.1, 0.15) is 5.75 Å². The smallest absolute Gasteiger partial charge is 0.213 e. The predicted molar refractivity (Wildman–Crippen MR) is 111 cm³/mol. The van der Waals surface area contributed by atoms with Crippen LogP contribution in [0.5, 0.6) is 11.6 Å². The number of carbonyl (C=O) groups excluding carboxylic acids is 1. The Balaban J connectivity index is 1.44. The number of unbranched alkanes of at least 4 members (excludes halogenated alkanes) is 1. The van der Waals surface area contributed by atoms with Crippen molar-refractivity contribution in [3.05, 3.63) is 53.2 Å². The summed E-state index contributed by atoms with van der Waals surface area (Å²) in [5.74, 6) is 2.40. The molecule has 0 spiro atoms. The SMILES string of the molecule is Cc1c(OCCCCOc2ccccn2)ccc(C(=O)CC2CCCC2)c1C. The first-order valence-corrected chi connectivity index (χ1v) is 10.4. The van der Waals surface area contributed by atoms with Gasteiger partial charge in [0.2, 0.25) is 5.88 Å². The van der Waals surface area contributed by atoms with E-state index in [1.807, 2.05) is 44.2 Å². The van der Waals surface area contributed by atoms with E-state index in [1.165, 1.54) is 25.7 Å². The summed E-state index contributed by atoms with van der Waals surface area (Å²) in [6.07, 6.45) is 9.19. The molecule has 3 rings (SSSR count). The fourth-order valence-corrected chi connectivity index (χ4v) is 3.84. The lowest BCUT2D eigenvalue weighted by Gasteiger charge is -2.15. The van der Waals surface area contributed by atoms with Crippen LogP contribution in [0.4, 0.5) is 0 Å². The Kier molecular flexibility index (Phi) is 7.46. The van der Waals surface area contributed by atoms with Crippen LogP contribution < -0.4 is 9.47 Å². The fraction of sp³-hybridized carbons (Fsp3) is 0.500. The van der Waals surface area contributed by atoms with Crippen molar-refractivity contribution < 1.29 is 14.3 Å². The van der Waals surface area contributed by atoms with E-state index in [1.54, 1.807) is 6.20 Å². The van der Waals surface area contributed by atoms with Gasteiger partial charge in [-0.05, 0) is 61.9 Å². The molecule has 28 heavy (non-hydrogen) atoms. The van der Waals surface area contributed by atoms with Gasteiger partial charge >= 0.3 is 0 Å². The Hall–Kier alpha value is -2.36. The molecule has 1 aliphatic carbocycles. The van der Waals surface area contributed by atoms with Crippen molar-refractivity contribution in [1.29, 1.82) is 0 Å². The molecule has 0 N–H and O–H groups in total. The molecule has 1 fully saturated rings. The number of Topliss-reactive ketones (excluding diaryl/α,β-unsaturated/α-hetero) is 1. The number of hydrogen-bond donors (Lipinski definition) is 0. The van der Waals surface area contributed by atoms with Crippen molar-refractivity contribution >= 4 is 5.78 Å². The summed E-state index contributed by atoms with van der Waals surface area (Å²) >= 11 is 0. The van der Waals surface area contributed by atoms with Gasteiger partial charge in [0.15, 0.2) is 5.78 Å². The maximum atomic E-state index is 12.7. The number of carbonyl (C=O) groups is 1. The van der Waals surface area contributed by atoms with Crippen molar-refractivity contribution in [3.8, 4) is 11.6 Å². The van der Waals surface area contributed by atoms with Crippen molar-refractivity contribution in [3.63, 3.8) is 0 Å². The molecule has 150 valence electrons. The van der Waals surface area contributed by atoms with Gasteiger partial charge in [-0.2, -0.15) is 0 Å². The quantitative estimate of drug-likeness (QED) is 0.391. The number of pyridine rings is 1. The van der Waals surface area contributed by atoms with Gasteiger partial charge in [-0.25, -0.2) is 4.98 Å². The standard InChI is InChI=1S/C24H31NO3/c1-18-19(2)23(13-12-21(18)22(26)17-20-9-3-4-10-20)27-15-7-8-16-28-24-11-5-6-14-25-24/h5-6,11-14,20H,3-4,7-10,15-17H2,1-2H3. The normalized spacial score (nSPS) is 14.2. The van der Waals surface area contributed by atoms with Crippen molar-refractivity contribution in [2.75, 3.05) is 13.2 Å². The van der Waals surface area contributed by atoms with Crippen LogP contribution >= 0.6 is 0 Å². The van der Waals surface area contributed by atoms with Crippen LogP contribution in [0.3, 0.4) is 0 Å². The first-order valence-electron chi connectivity index (χ1n) is 10.4. The lowest BCUT2D eigenvalue weighted by Crippen LogP contribution is -2.09. The molecule has 0 radical (unpaired) electrons. The Morgan fingerprint density at radius 2 is 1.75 bits per heavy atom. The van der Waals surface area contributed by atoms with Gasteiger partial charge < -0.3 is 9.47 Å². The van der Waals surface area contributed by atoms with Crippen LogP contribution in [0.25, 0.3) is 0 Å². The minimum Gasteiger partial charge on any atom is -0.493 e. The third-order valence-electron chi connectivity index (χ3n) is 5.67. The van der Waals surface area contributed by atoms with Gasteiger partial charge in [0, 0.05) is 24.2 Å². The number of aromatic nitrogens is 1. The molecule has 0 amide bonds. The van der Waals surface area contributed by atoms with Gasteiger partial charge in [0.05, 0.1) is 13.2 Å². The van der Waals surface area contributed by atoms with Crippen LogP contribution in [-0.2, 0) is 0 Å². The number of rotatable bonds is 10. The minimum absolute atomic E-state index is 0.283. The predicted octanol–water partition coefficient (Wildman–Crippen LogP) is 5.70. The molecule has 1 aromatic carbocycles. The third kappa shape index (κ3) is 5.57. The average molecular weight is 382 g/mol. The average Bonchev–Trinajstić information content (AvgIpc) is 3.21. The summed E-state index contributed by atoms with van der Waals surface area (Å²) in [4.78, 5) is 16.8. The minimum atomic E-state index is 0.283. The van der Waals surface area contributed by atoms with Crippen LogP contribution in [0, 0.1) is 19.8 Å². The van der Waals surface area contributed by atoms with E-state index in [0.29, 0.717) is 31.4 Å². The zero-order valence-corrected chi connectivity index (χ0v) is 17.1. The highest BCUT2D eigenvalue weighted by Crippen LogP contribution is 2.31. The van der Waals surface area contributed by atoms with Gasteiger partial charge in [-0.3, -0.25) is 4.79 Å². The van der Waals surface area contributed by atoms with Crippen molar-refractivity contribution in [2.24, 2.45) is 5.92 Å². The largest absolute Gasteiger partial charge is 0.493 e. The highest BCUT2D eigenvalue weighted by Gasteiger charge is 2.21. The zero-order valence-electron chi connectivity index (χ0n) is 17.1. The summed E-state index contributed by atoms with van der Waals surface area (Å²) in [6.45, 7) is 5.35. The number of hydrogen-bond acceptors (Lipinski definition) is 4. The van der Waals surface area contributed by atoms with Crippen molar-refractivity contribution in [2.45, 2.75) is 58.8 Å². The summed E-state index contributed by atoms with van der Waals surface area (Å²) < 4.78 is 11.5. The molecule has 0 atom stereocenters. The van der Waals surface area contributed by atoms with E-state index in [4.69, 9.17) is 9.47 Å². The second-order valence-electron chi connectivity index (χ2n) is 7.71. The Bertz CT molecular complexity index is 767. The van der Waals surface area contributed by atoms with E-state index in [0.717, 1.165) is 35.3 Å². The van der Waals surface area contributed by atoms with Crippen LogP contribution in [0.1, 0.15) is 66.4 Å². The first-order chi connectivity index (χ1) is 13.6. The van der Waals surface area contributed by atoms with Gasteiger partial charge in [0.25, 0.3) is 0 Å². The number of ether oxygens (including phenoxy) is 2. The molecule has 0 unspecified atom stereocenters. The summed E-state index contributed by atoms with van der Waals surface area (Å²) in [6, 6.07) is 9.54. The molecule has 4 nitrogen and oxygen atoms in total. The van der Waals surface area contributed by atoms with E-state index in [-0.39, 0.29) is 5.78 Å². The van der Waals surface area contributed by atoms with Crippen molar-refractivity contribution in [1.82, 2.24) is 4.98 Å². The van der Waals surface area contributed by atoms with Gasteiger partial charge in [-0.15, -0.1) is 0 Å². The fourth-order valence-electron chi connectivity index (χ4n) is 3.84. The van der Waals surface area contributed by atoms with Crippen LogP contribution in [-0.4, -0.2) is 24.0 Å². The summed E-state index contributed by atoms with van der Waals surface area (Å²) in [5, 5.41) is 0. The lowest BCUT2D eigenvalue weighted by molar-refractivity contribution is 0.0961. The number of ketones is 1. The van der Waals surface area contributed by atoms with Crippen LogP contribution in [0.2, 0.25) is 0 Å². The molecular formula is C24H31NO3. The van der Waals surface area contributed by atoms with E-state index < -0.39 is 0 Å². The molecule has 1 aromatic heterocycles. The maximum absolute atomic E-state index is 12.7. The number of nitrogens with zero attached hydrogens (tertiary/aromatic N) is 1. The molecule has 1 heterocycles. The molecule has 2 aromatic rings. The van der Waals surface area contributed by atoms with E-state index in [2.05, 4.69) is 4.98 Å². The summed E-state index contributed by atoms with van der Waals surface area (Å²) in [7, 11) is 0. The monoisotopic (exact) mass is 381 g/mol. The van der Waals surface area contributed by atoms with E-state index >= 15 is 0 Å². The second-order valence-corrected chi connectivity index (χ2v) is 7.71. The Morgan fingerprint density at radius 1 is 1.00 bits per heavy atom.